The Morgan fingerprint density at radius 1 is 1.06 bits per heavy atom. The number of hydrogen-bond acceptors (Lipinski definition) is 11. The number of nitrogens with one attached hydrogen (secondary N) is 3. The zero-order valence-corrected chi connectivity index (χ0v) is 29.1. The molecule has 2 aliphatic rings. The van der Waals surface area contributed by atoms with Gasteiger partial charge in [0.1, 0.15) is 17.3 Å². The predicted molar refractivity (Wildman–Crippen MR) is 195 cm³/mol. The Kier molecular flexibility index (Phi) is 11.7. The van der Waals surface area contributed by atoms with Crippen molar-refractivity contribution in [3.63, 3.8) is 0 Å². The molecule has 5 rings (SSSR count). The summed E-state index contributed by atoms with van der Waals surface area (Å²) in [6.45, 7) is 9.99. The number of nitrogen functional groups attached to an aromatic ring is 1. The van der Waals surface area contributed by atoms with Crippen LogP contribution in [-0.4, -0.2) is 120 Å². The number of nitrogens with two attached hydrogens (primary N) is 1. The van der Waals surface area contributed by atoms with Gasteiger partial charge in [0.2, 0.25) is 17.7 Å². The number of carbonyl (C=O) groups is 2. The van der Waals surface area contributed by atoms with Gasteiger partial charge in [-0.25, -0.2) is 19.9 Å². The molecule has 3 aromatic heterocycles. The summed E-state index contributed by atoms with van der Waals surface area (Å²) in [5.41, 5.74) is 8.10. The first-order valence-corrected chi connectivity index (χ1v) is 16.9. The number of aromatic nitrogens is 3. The zero-order valence-electron chi connectivity index (χ0n) is 29.1. The molecule has 0 radical (unpaired) electrons. The third kappa shape index (κ3) is 8.58. The molecule has 0 bridgehead atoms. The van der Waals surface area contributed by atoms with Gasteiger partial charge in [0, 0.05) is 75.9 Å². The maximum atomic E-state index is 13.8. The summed E-state index contributed by atoms with van der Waals surface area (Å²) in [6.07, 6.45) is 5.28. The van der Waals surface area contributed by atoms with Crippen LogP contribution in [0.15, 0.2) is 53.8 Å². The smallest absolute Gasteiger partial charge is 0.236 e. The van der Waals surface area contributed by atoms with E-state index in [1.807, 2.05) is 42.7 Å². The minimum absolute atomic E-state index is 0.0185. The van der Waals surface area contributed by atoms with Crippen LogP contribution in [-0.2, 0) is 9.59 Å². The number of ether oxygens (including phenoxy) is 1. The van der Waals surface area contributed by atoms with E-state index in [4.69, 9.17) is 21.3 Å². The first-order valence-electron chi connectivity index (χ1n) is 16.9. The van der Waals surface area contributed by atoms with E-state index in [-0.39, 0.29) is 47.6 Å². The highest BCUT2D eigenvalue weighted by Gasteiger charge is 2.34. The molecule has 2 saturated heterocycles. The molecular weight excluding hydrogens is 636 g/mol. The molecule has 5 heterocycles. The quantitative estimate of drug-likeness (QED) is 0.163. The number of pyridine rings is 3. The maximum absolute atomic E-state index is 13.8. The van der Waals surface area contributed by atoms with Gasteiger partial charge in [0.05, 0.1) is 36.3 Å². The molecule has 0 saturated carbocycles. The van der Waals surface area contributed by atoms with Crippen LogP contribution in [0.5, 0.6) is 5.88 Å². The topological polar surface area (TPSA) is 193 Å². The lowest BCUT2D eigenvalue weighted by atomic mass is 10.1. The van der Waals surface area contributed by atoms with Crippen LogP contribution in [0.25, 0.3) is 0 Å². The minimum Gasteiger partial charge on any atom is -0.475 e. The molecule has 2 aliphatic heterocycles. The molecule has 264 valence electrons. The highest BCUT2D eigenvalue weighted by Crippen LogP contribution is 2.25. The number of rotatable bonds is 12. The highest BCUT2D eigenvalue weighted by atomic mass is 16.5. The van der Waals surface area contributed by atoms with Gasteiger partial charge in [0.15, 0.2) is 5.84 Å². The number of nitrogens with zero attached hydrogens (tertiary/aromatic N) is 8. The molecule has 0 aromatic carbocycles. The summed E-state index contributed by atoms with van der Waals surface area (Å²) in [4.78, 5) is 52.2. The second-order valence-corrected chi connectivity index (χ2v) is 12.5. The number of hydrogen-bond donors (Lipinski definition) is 4. The van der Waals surface area contributed by atoms with Gasteiger partial charge in [-0.3, -0.25) is 30.2 Å². The zero-order chi connectivity index (χ0) is 35.8. The molecule has 2 fully saturated rings. The van der Waals surface area contributed by atoms with Gasteiger partial charge in [0.25, 0.3) is 0 Å². The van der Waals surface area contributed by atoms with Crippen molar-refractivity contribution in [2.24, 2.45) is 10.9 Å². The molecule has 0 aliphatic carbocycles. The van der Waals surface area contributed by atoms with Crippen LogP contribution in [0.2, 0.25) is 0 Å². The third-order valence-electron chi connectivity index (χ3n) is 8.67. The van der Waals surface area contributed by atoms with Crippen molar-refractivity contribution < 1.29 is 14.3 Å². The number of carbonyl (C=O) groups excluding carboxylic acids is 2. The Morgan fingerprint density at radius 2 is 1.80 bits per heavy atom. The average molecular weight is 683 g/mol. The van der Waals surface area contributed by atoms with Crippen molar-refractivity contribution in [2.45, 2.75) is 33.3 Å². The van der Waals surface area contributed by atoms with Crippen LogP contribution >= 0.6 is 0 Å². The fraction of sp³-hybridized carbons (Fsp3) is 0.429. The number of likely N-dealkylation sites (tertiary alicyclic amines) is 1. The first-order chi connectivity index (χ1) is 24.1. The lowest BCUT2D eigenvalue weighted by Crippen LogP contribution is -2.51. The Labute approximate surface area is 292 Å². The average Bonchev–Trinajstić information content (AvgIpc) is 3.60. The highest BCUT2D eigenvalue weighted by molar-refractivity contribution is 6.12. The SMILES string of the molecule is CCN(C(=O)[C@@H]1CCN(CC(=O)N2CCN(c3ccc(C(=N)/N=C\NC)cn3)CC2)C1)c1ccc(N)c(C(=N)c2ccc(OC(C)C)nc2)n1. The summed E-state index contributed by atoms with van der Waals surface area (Å²) in [6, 6.07) is 10.5. The van der Waals surface area contributed by atoms with Crippen LogP contribution in [0.4, 0.5) is 17.3 Å². The van der Waals surface area contributed by atoms with Crippen molar-refractivity contribution in [1.82, 2.24) is 30.1 Å². The molecule has 2 amide bonds. The largest absolute Gasteiger partial charge is 0.475 e. The minimum atomic E-state index is -0.279. The van der Waals surface area contributed by atoms with E-state index in [0.717, 1.165) is 5.82 Å². The molecule has 0 spiro atoms. The molecule has 0 unspecified atom stereocenters. The molecule has 5 N–H and O–H groups in total. The van der Waals surface area contributed by atoms with Crippen molar-refractivity contribution in [2.75, 3.05) is 74.9 Å². The van der Waals surface area contributed by atoms with Crippen LogP contribution < -0.4 is 25.6 Å². The van der Waals surface area contributed by atoms with Crippen molar-refractivity contribution in [1.29, 1.82) is 10.8 Å². The molecule has 50 heavy (non-hydrogen) atoms. The Balaban J connectivity index is 1.14. The van der Waals surface area contributed by atoms with E-state index >= 15 is 0 Å². The van der Waals surface area contributed by atoms with Crippen LogP contribution in [0.1, 0.15) is 44.0 Å². The lowest BCUT2D eigenvalue weighted by Gasteiger charge is -2.36. The van der Waals surface area contributed by atoms with E-state index in [1.54, 1.807) is 48.6 Å². The summed E-state index contributed by atoms with van der Waals surface area (Å²) in [7, 11) is 1.72. The summed E-state index contributed by atoms with van der Waals surface area (Å²) in [5.74, 6) is 1.53. The standard InChI is InChI=1S/C35H46N12O3/c1-5-47(29-10-8-27(36)33(43-29)32(37)24-7-11-30(41-18-24)50-23(2)3)35(49)26-12-13-44(20-26)21-31(48)46-16-14-45(15-17-46)28-9-6-25(19-40-28)34(38)42-22-39-4/h6-11,18-19,22-23,26,37H,5,12-17,20-21,36H2,1-4H3,(H2,38,39,42)/t26-/m1/s1. The Morgan fingerprint density at radius 3 is 2.44 bits per heavy atom. The monoisotopic (exact) mass is 682 g/mol. The summed E-state index contributed by atoms with van der Waals surface area (Å²) in [5, 5.41) is 19.6. The van der Waals surface area contributed by atoms with Gasteiger partial charge in [-0.05, 0) is 64.1 Å². The third-order valence-corrected chi connectivity index (χ3v) is 8.67. The first kappa shape index (κ1) is 35.9. The van der Waals surface area contributed by atoms with E-state index in [2.05, 4.69) is 30.2 Å². The van der Waals surface area contributed by atoms with Gasteiger partial charge < -0.3 is 25.6 Å². The molecule has 15 heteroatoms. The van der Waals surface area contributed by atoms with Gasteiger partial charge in [-0.2, -0.15) is 0 Å². The molecule has 1 atom stereocenters. The molecule has 3 aromatic rings. The summed E-state index contributed by atoms with van der Waals surface area (Å²) < 4.78 is 5.61. The van der Waals surface area contributed by atoms with Gasteiger partial charge in [-0.1, -0.05) is 0 Å². The van der Waals surface area contributed by atoms with Crippen molar-refractivity contribution >= 4 is 47.0 Å². The number of amides is 2. The molecule has 15 nitrogen and oxygen atoms in total. The second-order valence-electron chi connectivity index (χ2n) is 12.5. The van der Waals surface area contributed by atoms with Crippen LogP contribution in [0.3, 0.4) is 0 Å². The number of aliphatic imine (C=N–C) groups is 1. The fourth-order valence-electron chi connectivity index (χ4n) is 6.01. The van der Waals surface area contributed by atoms with Crippen LogP contribution in [0, 0.1) is 16.7 Å². The Hall–Kier alpha value is -5.44. The van der Waals surface area contributed by atoms with E-state index < -0.39 is 0 Å². The lowest BCUT2D eigenvalue weighted by molar-refractivity contribution is -0.132. The van der Waals surface area contributed by atoms with Gasteiger partial charge >= 0.3 is 0 Å². The number of anilines is 3. The van der Waals surface area contributed by atoms with E-state index in [1.165, 1.54) is 6.34 Å². The Bertz CT molecular complexity index is 1700. The van der Waals surface area contributed by atoms with Crippen molar-refractivity contribution in [3.05, 3.63) is 65.6 Å². The fourth-order valence-corrected chi connectivity index (χ4v) is 6.01. The summed E-state index contributed by atoms with van der Waals surface area (Å²) >= 11 is 0. The number of piperazine rings is 1. The van der Waals surface area contributed by atoms with E-state index in [9.17, 15) is 9.59 Å². The van der Waals surface area contributed by atoms with E-state index in [0.29, 0.717) is 80.7 Å². The maximum Gasteiger partial charge on any atom is 0.236 e. The second kappa shape index (κ2) is 16.3. The van der Waals surface area contributed by atoms with Gasteiger partial charge in [-0.15, -0.1) is 0 Å². The molecular formula is C35H46N12O3. The number of amidine groups is 1. The normalized spacial score (nSPS) is 16.5. The van der Waals surface area contributed by atoms with Crippen molar-refractivity contribution in [3.8, 4) is 5.88 Å². The predicted octanol–water partition coefficient (Wildman–Crippen LogP) is 2.25.